The number of nitrogens with one attached hydrogen (secondary N) is 1. The molecule has 2 aromatic heterocycles. The third-order valence-electron chi connectivity index (χ3n) is 5.04. The SMILES string of the molecule is COc1ccc(C2C(C(C)=O)=C(C)N=c3sc(=Cc4ccc[nH]4)c(=O)n32)c(OC)c1. The first kappa shape index (κ1) is 19.9. The number of methoxy groups -OCH3 is 2. The van der Waals surface area contributed by atoms with E-state index in [1.54, 1.807) is 50.1 Å². The predicted molar refractivity (Wildman–Crippen MR) is 115 cm³/mol. The molecule has 0 spiro atoms. The van der Waals surface area contributed by atoms with Crippen molar-refractivity contribution in [1.82, 2.24) is 9.55 Å². The third-order valence-corrected chi connectivity index (χ3v) is 6.03. The zero-order valence-electron chi connectivity index (χ0n) is 17.1. The lowest BCUT2D eigenvalue weighted by molar-refractivity contribution is -0.114. The highest BCUT2D eigenvalue weighted by molar-refractivity contribution is 7.07. The maximum atomic E-state index is 13.4. The Morgan fingerprint density at radius 1 is 1.27 bits per heavy atom. The van der Waals surface area contributed by atoms with E-state index < -0.39 is 6.04 Å². The first-order valence-electron chi connectivity index (χ1n) is 9.33. The standard InChI is InChI=1S/C22H21N3O4S/c1-12-19(13(2)26)20(16-8-7-15(28-3)11-17(16)29-4)25-21(27)18(30-22(25)24-12)10-14-6-5-9-23-14/h5-11,20,23H,1-4H3. The maximum absolute atomic E-state index is 13.4. The Kier molecular flexibility index (Phi) is 5.17. The zero-order valence-corrected chi connectivity index (χ0v) is 17.9. The Morgan fingerprint density at radius 2 is 2.07 bits per heavy atom. The molecule has 30 heavy (non-hydrogen) atoms. The number of fused-ring (bicyclic) bond motifs is 1. The van der Waals surface area contributed by atoms with Crippen LogP contribution in [-0.2, 0) is 4.79 Å². The average molecular weight is 423 g/mol. The van der Waals surface area contributed by atoms with Crippen LogP contribution >= 0.6 is 11.3 Å². The molecule has 0 bridgehead atoms. The topological polar surface area (TPSA) is 85.7 Å². The van der Waals surface area contributed by atoms with Gasteiger partial charge in [0.2, 0.25) is 0 Å². The largest absolute Gasteiger partial charge is 0.497 e. The molecule has 7 nitrogen and oxygen atoms in total. The van der Waals surface area contributed by atoms with Gasteiger partial charge in [0, 0.05) is 34.8 Å². The van der Waals surface area contributed by atoms with Crippen molar-refractivity contribution < 1.29 is 14.3 Å². The second-order valence-electron chi connectivity index (χ2n) is 6.87. The van der Waals surface area contributed by atoms with Crippen LogP contribution in [0.1, 0.15) is 31.1 Å². The Hall–Kier alpha value is -3.39. The van der Waals surface area contributed by atoms with Crippen molar-refractivity contribution in [2.75, 3.05) is 14.2 Å². The summed E-state index contributed by atoms with van der Waals surface area (Å²) in [6, 6.07) is 8.48. The fourth-order valence-corrected chi connectivity index (χ4v) is 4.72. The minimum atomic E-state index is -0.634. The number of rotatable bonds is 5. The average Bonchev–Trinajstić information content (AvgIpc) is 3.34. The van der Waals surface area contributed by atoms with Crippen LogP contribution in [0.2, 0.25) is 0 Å². The summed E-state index contributed by atoms with van der Waals surface area (Å²) in [6.45, 7) is 3.29. The number of allylic oxidation sites excluding steroid dienone is 2. The summed E-state index contributed by atoms with van der Waals surface area (Å²) in [6.07, 6.45) is 3.59. The van der Waals surface area contributed by atoms with Gasteiger partial charge in [-0.25, -0.2) is 4.99 Å². The molecular weight excluding hydrogens is 402 g/mol. The lowest BCUT2D eigenvalue weighted by Crippen LogP contribution is -2.39. The highest BCUT2D eigenvalue weighted by Crippen LogP contribution is 2.37. The van der Waals surface area contributed by atoms with Crippen LogP contribution < -0.4 is 24.4 Å². The van der Waals surface area contributed by atoms with Gasteiger partial charge in [-0.15, -0.1) is 0 Å². The van der Waals surface area contributed by atoms with Crippen LogP contribution in [0.25, 0.3) is 6.08 Å². The molecule has 1 aliphatic rings. The molecule has 1 aliphatic heterocycles. The minimum Gasteiger partial charge on any atom is -0.497 e. The molecule has 154 valence electrons. The fraction of sp³-hybridized carbons (Fsp3) is 0.227. The fourth-order valence-electron chi connectivity index (χ4n) is 3.68. The number of H-pyrrole nitrogens is 1. The van der Waals surface area contributed by atoms with E-state index in [2.05, 4.69) is 9.98 Å². The van der Waals surface area contributed by atoms with Gasteiger partial charge in [0.25, 0.3) is 5.56 Å². The van der Waals surface area contributed by atoms with E-state index in [9.17, 15) is 9.59 Å². The number of hydrogen-bond acceptors (Lipinski definition) is 6. The number of hydrogen-bond donors (Lipinski definition) is 1. The van der Waals surface area contributed by atoms with Crippen LogP contribution in [-0.4, -0.2) is 29.6 Å². The Balaban J connectivity index is 2.02. The first-order valence-corrected chi connectivity index (χ1v) is 10.1. The van der Waals surface area contributed by atoms with E-state index in [1.165, 1.54) is 18.3 Å². The lowest BCUT2D eigenvalue weighted by atomic mass is 9.92. The summed E-state index contributed by atoms with van der Waals surface area (Å²) in [5.74, 6) is 1.02. The number of aromatic amines is 1. The Morgan fingerprint density at radius 3 is 2.70 bits per heavy atom. The summed E-state index contributed by atoms with van der Waals surface area (Å²) in [5, 5.41) is 0. The molecule has 0 saturated carbocycles. The maximum Gasteiger partial charge on any atom is 0.271 e. The highest BCUT2D eigenvalue weighted by atomic mass is 32.1. The minimum absolute atomic E-state index is 0.141. The monoisotopic (exact) mass is 423 g/mol. The molecule has 1 aromatic carbocycles. The van der Waals surface area contributed by atoms with Gasteiger partial charge in [-0.05, 0) is 44.2 Å². The second-order valence-corrected chi connectivity index (χ2v) is 7.88. The molecule has 3 aromatic rings. The second kappa shape index (κ2) is 7.79. The molecule has 1 atom stereocenters. The normalized spacial score (nSPS) is 16.3. The van der Waals surface area contributed by atoms with Crippen LogP contribution in [0.15, 0.2) is 57.6 Å². The molecule has 0 amide bonds. The molecular formula is C22H21N3O4S. The van der Waals surface area contributed by atoms with Crippen molar-refractivity contribution in [2.45, 2.75) is 19.9 Å². The van der Waals surface area contributed by atoms with Gasteiger partial charge >= 0.3 is 0 Å². The van der Waals surface area contributed by atoms with Crippen LogP contribution in [0.3, 0.4) is 0 Å². The number of aromatic nitrogens is 2. The summed E-state index contributed by atoms with van der Waals surface area (Å²) in [5.41, 5.74) is 2.38. The molecule has 4 rings (SSSR count). The van der Waals surface area contributed by atoms with Crippen molar-refractivity contribution in [2.24, 2.45) is 4.99 Å². The van der Waals surface area contributed by atoms with E-state index in [-0.39, 0.29) is 11.3 Å². The predicted octanol–water partition coefficient (Wildman–Crippen LogP) is 2.17. The van der Waals surface area contributed by atoms with Crippen molar-refractivity contribution in [3.8, 4) is 11.5 Å². The Bertz CT molecular complexity index is 1330. The van der Waals surface area contributed by atoms with E-state index in [0.717, 1.165) is 5.69 Å². The third kappa shape index (κ3) is 3.29. The Labute approximate surface area is 176 Å². The summed E-state index contributed by atoms with van der Waals surface area (Å²) in [7, 11) is 3.13. The lowest BCUT2D eigenvalue weighted by Gasteiger charge is -2.26. The van der Waals surface area contributed by atoms with Crippen molar-refractivity contribution in [3.63, 3.8) is 0 Å². The van der Waals surface area contributed by atoms with Gasteiger partial charge in [-0.1, -0.05) is 11.3 Å². The van der Waals surface area contributed by atoms with Crippen molar-refractivity contribution in [3.05, 3.63) is 78.7 Å². The van der Waals surface area contributed by atoms with Crippen LogP contribution in [0.4, 0.5) is 0 Å². The number of carbonyl (C=O) groups is 1. The van der Waals surface area contributed by atoms with Gasteiger partial charge in [0.1, 0.15) is 11.5 Å². The van der Waals surface area contributed by atoms with E-state index in [4.69, 9.17) is 9.47 Å². The van der Waals surface area contributed by atoms with Crippen LogP contribution in [0, 0.1) is 0 Å². The molecule has 8 heteroatoms. The number of nitrogens with zero attached hydrogens (tertiary/aromatic N) is 2. The first-order chi connectivity index (χ1) is 14.4. The molecule has 0 radical (unpaired) electrons. The van der Waals surface area contributed by atoms with Gasteiger partial charge < -0.3 is 14.5 Å². The van der Waals surface area contributed by atoms with Crippen LogP contribution in [0.5, 0.6) is 11.5 Å². The van der Waals surface area contributed by atoms with Gasteiger partial charge in [-0.3, -0.25) is 14.2 Å². The molecule has 1 N–H and O–H groups in total. The molecule has 1 unspecified atom stereocenters. The summed E-state index contributed by atoms with van der Waals surface area (Å²) < 4.78 is 13.0. The number of ketones is 1. The number of thiazole rings is 1. The smallest absolute Gasteiger partial charge is 0.271 e. The number of benzene rings is 1. The molecule has 0 aliphatic carbocycles. The molecule has 3 heterocycles. The van der Waals surface area contributed by atoms with Gasteiger partial charge in [0.15, 0.2) is 10.6 Å². The quantitative estimate of drug-likeness (QED) is 0.682. The van der Waals surface area contributed by atoms with Gasteiger partial charge in [-0.2, -0.15) is 0 Å². The zero-order chi connectivity index (χ0) is 21.4. The summed E-state index contributed by atoms with van der Waals surface area (Å²) in [4.78, 5) is 34.2. The van der Waals surface area contributed by atoms with Gasteiger partial charge in [0.05, 0.1) is 24.8 Å². The summed E-state index contributed by atoms with van der Waals surface area (Å²) >= 11 is 1.29. The van der Waals surface area contributed by atoms with Crippen molar-refractivity contribution >= 4 is 23.2 Å². The van der Waals surface area contributed by atoms with Crippen molar-refractivity contribution in [1.29, 1.82) is 0 Å². The number of Topliss-reactive ketones (excluding diaryl/α,β-unsaturated/α-hetero) is 1. The highest BCUT2D eigenvalue weighted by Gasteiger charge is 2.32. The van der Waals surface area contributed by atoms with E-state index >= 15 is 0 Å². The molecule has 0 saturated heterocycles. The van der Waals surface area contributed by atoms with E-state index in [1.807, 2.05) is 18.2 Å². The number of carbonyl (C=O) groups excluding carboxylic acids is 1. The molecule has 0 fully saturated rings. The number of ether oxygens (including phenoxy) is 2. The van der Waals surface area contributed by atoms with E-state index in [0.29, 0.717) is 37.7 Å².